The second-order valence-electron chi connectivity index (χ2n) is 18.0. The molecule has 334 valence electrons. The summed E-state index contributed by atoms with van der Waals surface area (Å²) in [5.41, 5.74) is 1.40. The zero-order valence-corrected chi connectivity index (χ0v) is 37.4. The maximum absolute atomic E-state index is 12.6. The molecule has 7 rings (SSSR count). The number of methoxy groups -OCH3 is 1. The lowest BCUT2D eigenvalue weighted by Crippen LogP contribution is -2.68. The van der Waals surface area contributed by atoms with Gasteiger partial charge in [0.2, 0.25) is 0 Å². The van der Waals surface area contributed by atoms with Crippen molar-refractivity contribution in [2.45, 2.75) is 127 Å². The molecule has 3 saturated heterocycles. The Labute approximate surface area is 365 Å². The molecule has 0 amide bonds. The Kier molecular flexibility index (Phi) is 17.9. The minimum atomic E-state index is -4.85. The minimum absolute atomic E-state index is 0.0210. The van der Waals surface area contributed by atoms with Crippen molar-refractivity contribution in [3.8, 4) is 17.6 Å². The van der Waals surface area contributed by atoms with Gasteiger partial charge in [-0.3, -0.25) is 9.79 Å². The van der Waals surface area contributed by atoms with Gasteiger partial charge < -0.3 is 34.0 Å². The van der Waals surface area contributed by atoms with E-state index in [1.165, 1.54) is 24.8 Å². The Morgan fingerprint density at radius 2 is 1.51 bits per heavy atom. The number of piperidine rings is 3. The lowest BCUT2D eigenvalue weighted by Gasteiger charge is -2.56. The lowest BCUT2D eigenvalue weighted by molar-refractivity contribution is -0.961. The van der Waals surface area contributed by atoms with Gasteiger partial charge in [0.15, 0.2) is 11.2 Å². The number of rotatable bonds is 22. The van der Waals surface area contributed by atoms with Gasteiger partial charge in [-0.25, -0.2) is 4.57 Å². The summed E-state index contributed by atoms with van der Waals surface area (Å²) < 4.78 is 30.3. The summed E-state index contributed by atoms with van der Waals surface area (Å²) in [6.45, 7) is 5.46. The second kappa shape index (κ2) is 23.0. The van der Waals surface area contributed by atoms with Crippen molar-refractivity contribution < 1.29 is 43.0 Å². The number of hydrogen-bond donors (Lipinski definition) is 5. The first-order chi connectivity index (χ1) is 29.5. The number of hydrogen-bond acceptors (Lipinski definition) is 7. The third kappa shape index (κ3) is 13.7. The second-order valence-corrected chi connectivity index (χ2v) is 19.2. The van der Waals surface area contributed by atoms with Gasteiger partial charge >= 0.3 is 7.82 Å². The maximum atomic E-state index is 12.6. The van der Waals surface area contributed by atoms with Gasteiger partial charge in [0.05, 0.1) is 19.2 Å². The molecule has 3 unspecified atom stereocenters. The van der Waals surface area contributed by atoms with E-state index in [1.807, 2.05) is 36.4 Å². The Balaban J connectivity index is 1.05. The Morgan fingerprint density at radius 1 is 0.852 bits per heavy atom. The lowest BCUT2D eigenvalue weighted by atomic mass is 9.71. The molecular formula is C50H72N2O8P+. The molecule has 3 aromatic carbocycles. The number of fused-ring (bicyclic) bond motifs is 3. The van der Waals surface area contributed by atoms with Crippen LogP contribution in [0.3, 0.4) is 0 Å². The zero-order chi connectivity index (χ0) is 43.0. The highest BCUT2D eigenvalue weighted by Crippen LogP contribution is 2.47. The molecule has 0 spiro atoms. The standard InChI is InChI=1S/C50H71N2O8P/c1-58-49(30-31-50(54,46-24-13-8-14-25-46)45-22-11-3-2-4-12-23-45)40-52(33-28-44(49)29-34-52)39-43-37-42(26-27-48(43)60-61(55,56)57)47(53)38-51-32-16-5-6-17-35-59-36-18-15-21-41-19-9-7-10-20-41/h7-10,13-14,19-20,24-27,37,44-45,47,51,53-54H,2-6,11-12,15-18,21-23,28-29,32-36,38-40H2,1H3,(H-,55,56,57)/p+1. The van der Waals surface area contributed by atoms with Crippen LogP contribution in [0.1, 0.15) is 125 Å². The molecule has 5 N–H and O–H groups in total. The smallest absolute Gasteiger partial charge is 0.404 e. The number of aliphatic hydroxyl groups excluding tert-OH is 1. The molecule has 1 aliphatic carbocycles. The number of phosphoric acid groups is 1. The number of quaternary nitrogens is 1. The van der Waals surface area contributed by atoms with E-state index in [9.17, 15) is 24.6 Å². The predicted octanol–water partition coefficient (Wildman–Crippen LogP) is 8.76. The zero-order valence-electron chi connectivity index (χ0n) is 36.5. The molecular weight excluding hydrogens is 788 g/mol. The molecule has 3 aromatic rings. The van der Waals surface area contributed by atoms with Crippen molar-refractivity contribution in [2.75, 3.05) is 53.0 Å². The van der Waals surface area contributed by atoms with Crippen LogP contribution in [0.2, 0.25) is 0 Å². The quantitative estimate of drug-likeness (QED) is 0.0291. The summed E-state index contributed by atoms with van der Waals surface area (Å²) in [4.78, 5) is 19.8. The average molecular weight is 860 g/mol. The van der Waals surface area contributed by atoms with E-state index in [-0.39, 0.29) is 17.6 Å². The highest BCUT2D eigenvalue weighted by molar-refractivity contribution is 7.46. The largest absolute Gasteiger partial charge is 0.524 e. The molecule has 4 aliphatic rings. The van der Waals surface area contributed by atoms with Crippen LogP contribution in [0.15, 0.2) is 78.9 Å². The number of aliphatic hydroxyl groups is 2. The highest BCUT2D eigenvalue weighted by atomic mass is 31.2. The van der Waals surface area contributed by atoms with Crippen molar-refractivity contribution in [2.24, 2.45) is 11.8 Å². The molecule has 1 saturated carbocycles. The summed E-state index contributed by atoms with van der Waals surface area (Å²) in [5.74, 6) is 7.40. The maximum Gasteiger partial charge on any atom is 0.524 e. The first-order valence-electron chi connectivity index (χ1n) is 23.1. The van der Waals surface area contributed by atoms with Gasteiger partial charge in [0, 0.05) is 57.1 Å². The third-order valence-electron chi connectivity index (χ3n) is 13.6. The fourth-order valence-electron chi connectivity index (χ4n) is 10.1. The van der Waals surface area contributed by atoms with E-state index < -0.39 is 25.1 Å². The monoisotopic (exact) mass is 860 g/mol. The molecule has 61 heavy (non-hydrogen) atoms. The average Bonchev–Trinajstić information content (AvgIpc) is 3.25. The van der Waals surface area contributed by atoms with E-state index in [0.29, 0.717) is 35.2 Å². The summed E-state index contributed by atoms with van der Waals surface area (Å²) in [5, 5.41) is 27.3. The molecule has 11 heteroatoms. The molecule has 3 atom stereocenters. The van der Waals surface area contributed by atoms with Gasteiger partial charge in [-0.1, -0.05) is 124 Å². The van der Waals surface area contributed by atoms with E-state index in [0.717, 1.165) is 122 Å². The SMILES string of the molecule is COC1(C#CC(O)(c2ccccc2)C2CCCCCCC2)C[N+]2(Cc3cc(C(O)CNCCCCCCOCCCCc4ccccc4)ccc3OP(=O)(O)O)CCC1CC2. The third-order valence-corrected chi connectivity index (χ3v) is 14.1. The Morgan fingerprint density at radius 3 is 2.20 bits per heavy atom. The molecule has 4 fully saturated rings. The summed E-state index contributed by atoms with van der Waals surface area (Å²) in [6.07, 6.45) is 16.1. The van der Waals surface area contributed by atoms with Crippen LogP contribution in [-0.4, -0.2) is 83.1 Å². The molecule has 0 radical (unpaired) electrons. The molecule has 3 heterocycles. The van der Waals surface area contributed by atoms with E-state index in [1.54, 1.807) is 19.2 Å². The van der Waals surface area contributed by atoms with Crippen molar-refractivity contribution in [1.82, 2.24) is 5.32 Å². The van der Waals surface area contributed by atoms with Crippen LogP contribution in [0, 0.1) is 23.7 Å². The van der Waals surface area contributed by atoms with Gasteiger partial charge in [-0.2, -0.15) is 0 Å². The fourth-order valence-corrected chi connectivity index (χ4v) is 10.6. The topological polar surface area (TPSA) is 138 Å². The van der Waals surface area contributed by atoms with Crippen molar-refractivity contribution in [3.63, 3.8) is 0 Å². The van der Waals surface area contributed by atoms with Crippen molar-refractivity contribution in [1.29, 1.82) is 0 Å². The van der Waals surface area contributed by atoms with Crippen molar-refractivity contribution in [3.05, 3.63) is 101 Å². The van der Waals surface area contributed by atoms with Crippen LogP contribution in [-0.2, 0) is 32.6 Å². The van der Waals surface area contributed by atoms with E-state index in [4.69, 9.17) is 14.0 Å². The molecule has 2 bridgehead atoms. The summed E-state index contributed by atoms with van der Waals surface area (Å²) in [6, 6.07) is 25.6. The number of ether oxygens (including phenoxy) is 2. The van der Waals surface area contributed by atoms with Crippen molar-refractivity contribution >= 4 is 7.82 Å². The number of aryl methyl sites for hydroxylation is 1. The number of phosphoric ester groups is 1. The number of benzene rings is 3. The van der Waals surface area contributed by atoms with Gasteiger partial charge in [-0.15, -0.1) is 0 Å². The number of nitrogens with zero attached hydrogens (tertiary/aromatic N) is 1. The van der Waals surface area contributed by atoms with Crippen LogP contribution in [0.25, 0.3) is 0 Å². The summed E-state index contributed by atoms with van der Waals surface area (Å²) >= 11 is 0. The molecule has 3 aliphatic heterocycles. The molecule has 0 aromatic heterocycles. The van der Waals surface area contributed by atoms with Crippen LogP contribution >= 0.6 is 7.82 Å². The Bertz CT molecular complexity index is 1870. The van der Waals surface area contributed by atoms with Crippen LogP contribution in [0.5, 0.6) is 5.75 Å². The number of unbranched alkanes of at least 4 members (excludes halogenated alkanes) is 4. The van der Waals surface area contributed by atoms with Crippen LogP contribution < -0.4 is 9.84 Å². The van der Waals surface area contributed by atoms with E-state index >= 15 is 0 Å². The Hall–Kier alpha value is -3.07. The van der Waals surface area contributed by atoms with Gasteiger partial charge in [0.25, 0.3) is 0 Å². The van der Waals surface area contributed by atoms with Gasteiger partial charge in [-0.05, 0) is 80.3 Å². The summed E-state index contributed by atoms with van der Waals surface area (Å²) in [7, 11) is -3.13. The first-order valence-corrected chi connectivity index (χ1v) is 24.7. The molecule has 10 nitrogen and oxygen atoms in total. The highest BCUT2D eigenvalue weighted by Gasteiger charge is 2.56. The normalized spacial score (nSPS) is 23.6. The first kappa shape index (κ1) is 47.4. The van der Waals surface area contributed by atoms with Crippen LogP contribution in [0.4, 0.5) is 0 Å². The van der Waals surface area contributed by atoms with Gasteiger partial charge in [0.1, 0.15) is 18.8 Å². The fraction of sp³-hybridized carbons (Fsp3) is 0.600. The predicted molar refractivity (Wildman–Crippen MR) is 241 cm³/mol. The number of nitrogens with one attached hydrogen (secondary N) is 1. The van der Waals surface area contributed by atoms with E-state index in [2.05, 4.69) is 47.5 Å². The minimum Gasteiger partial charge on any atom is -0.404 e.